The van der Waals surface area contributed by atoms with Gasteiger partial charge in [-0.15, -0.1) is 0 Å². The Morgan fingerprint density at radius 3 is 2.33 bits per heavy atom. The van der Waals surface area contributed by atoms with Crippen LogP contribution >= 0.6 is 8.58 Å². The molecule has 0 bridgehead atoms. The molecule has 0 aromatic heterocycles. The Hall–Kier alpha value is 0.100. The molecule has 0 spiro atoms. The zero-order valence-electron chi connectivity index (χ0n) is 4.12. The second-order valence-electron chi connectivity index (χ2n) is 1.09. The van der Waals surface area contributed by atoms with Crippen molar-refractivity contribution in [1.82, 2.24) is 0 Å². The number of carbonyl (C=O) groups excluding carboxylic acids is 1. The summed E-state index contributed by atoms with van der Waals surface area (Å²) in [6.07, 6.45) is 1.01. The quantitative estimate of drug-likeness (QED) is 0.481. The third-order valence-electron chi connectivity index (χ3n) is 0.426. The predicted molar refractivity (Wildman–Crippen MR) is 29.5 cm³/mol. The molecule has 0 N–H and O–H groups in total. The van der Waals surface area contributed by atoms with E-state index in [1.807, 2.05) is 6.92 Å². The second kappa shape index (κ2) is 3.30. The molecule has 36 valence electrons. The fourth-order valence-corrected chi connectivity index (χ4v) is 0.747. The minimum absolute atomic E-state index is 0.317. The van der Waals surface area contributed by atoms with Crippen molar-refractivity contribution in [2.75, 3.05) is 6.16 Å². The second-order valence-corrected chi connectivity index (χ2v) is 2.85. The lowest BCUT2D eigenvalue weighted by Crippen LogP contribution is -1.74. The van der Waals surface area contributed by atoms with Crippen molar-refractivity contribution in [2.24, 2.45) is 0 Å². The fraction of sp³-hybridized carbons (Fsp3) is 0.750. The van der Waals surface area contributed by atoms with Gasteiger partial charge in [-0.1, -0.05) is 15.5 Å². The monoisotopic (exact) mass is 104 g/mol. The van der Waals surface area contributed by atoms with Gasteiger partial charge in [-0.25, -0.2) is 0 Å². The highest BCUT2D eigenvalue weighted by molar-refractivity contribution is 7.57. The van der Waals surface area contributed by atoms with Crippen molar-refractivity contribution < 1.29 is 4.79 Å². The lowest BCUT2D eigenvalue weighted by atomic mass is 10.9. The van der Waals surface area contributed by atoms with E-state index < -0.39 is 0 Å². The maximum absolute atomic E-state index is 10.1. The minimum atomic E-state index is 0.317. The molecule has 0 saturated carbocycles. The summed E-state index contributed by atoms with van der Waals surface area (Å²) in [4.78, 5) is 10.1. The molecule has 0 aliphatic heterocycles. The van der Waals surface area contributed by atoms with Crippen LogP contribution in [0.3, 0.4) is 0 Å². The molecule has 0 saturated heterocycles. The molecule has 0 aliphatic carbocycles. The van der Waals surface area contributed by atoms with Gasteiger partial charge in [0.2, 0.25) is 0 Å². The molecule has 0 aromatic carbocycles. The van der Waals surface area contributed by atoms with E-state index in [4.69, 9.17) is 0 Å². The summed E-state index contributed by atoms with van der Waals surface area (Å²) in [5, 5.41) is 0. The van der Waals surface area contributed by atoms with Gasteiger partial charge in [0.25, 0.3) is 0 Å². The summed E-state index contributed by atoms with van der Waals surface area (Å²) in [6, 6.07) is 0. The van der Waals surface area contributed by atoms with Crippen LogP contribution in [0.1, 0.15) is 13.8 Å². The van der Waals surface area contributed by atoms with Crippen molar-refractivity contribution in [1.29, 1.82) is 0 Å². The van der Waals surface area contributed by atoms with Crippen LogP contribution < -0.4 is 0 Å². The van der Waals surface area contributed by atoms with Gasteiger partial charge in [-0.2, -0.15) is 0 Å². The molecule has 0 amide bonds. The Morgan fingerprint density at radius 1 is 1.83 bits per heavy atom. The molecular weight excluding hydrogens is 95.0 g/mol. The van der Waals surface area contributed by atoms with Crippen molar-refractivity contribution in [3.05, 3.63) is 0 Å². The standard InChI is InChI=1S/C4H9OP/c1-3-6-4(2)5/h6H,3H2,1-2H3. The normalized spacial score (nSPS) is 10.3. The highest BCUT2D eigenvalue weighted by atomic mass is 31.1. The summed E-state index contributed by atoms with van der Waals surface area (Å²) in [5.41, 5.74) is 0.317. The topological polar surface area (TPSA) is 17.1 Å². The molecule has 0 radical (unpaired) electrons. The zero-order chi connectivity index (χ0) is 4.99. The molecule has 1 atom stereocenters. The van der Waals surface area contributed by atoms with E-state index in [9.17, 15) is 4.79 Å². The van der Waals surface area contributed by atoms with Gasteiger partial charge in [0.1, 0.15) is 5.52 Å². The molecule has 0 rings (SSSR count). The zero-order valence-corrected chi connectivity index (χ0v) is 5.12. The van der Waals surface area contributed by atoms with Gasteiger partial charge in [0.05, 0.1) is 0 Å². The Bertz CT molecular complexity index is 51.5. The van der Waals surface area contributed by atoms with Crippen LogP contribution in [0.15, 0.2) is 0 Å². The summed E-state index contributed by atoms with van der Waals surface area (Å²) >= 11 is 0. The largest absolute Gasteiger partial charge is 0.295 e. The van der Waals surface area contributed by atoms with E-state index >= 15 is 0 Å². The average Bonchev–Trinajstić information content (AvgIpc) is 1.35. The molecular formula is C4H9OP. The maximum atomic E-state index is 10.1. The first kappa shape index (κ1) is 6.10. The lowest BCUT2D eigenvalue weighted by molar-refractivity contribution is -0.109. The molecule has 1 nitrogen and oxygen atoms in total. The van der Waals surface area contributed by atoms with Gasteiger partial charge >= 0.3 is 0 Å². The van der Waals surface area contributed by atoms with Crippen molar-refractivity contribution in [2.45, 2.75) is 13.8 Å². The van der Waals surface area contributed by atoms with Gasteiger partial charge < -0.3 is 0 Å². The Morgan fingerprint density at radius 2 is 2.33 bits per heavy atom. The van der Waals surface area contributed by atoms with E-state index in [2.05, 4.69) is 0 Å². The number of rotatable bonds is 2. The lowest BCUT2D eigenvalue weighted by Gasteiger charge is -1.81. The van der Waals surface area contributed by atoms with Crippen LogP contribution in [0.5, 0.6) is 0 Å². The minimum Gasteiger partial charge on any atom is -0.295 e. The van der Waals surface area contributed by atoms with Gasteiger partial charge in [0.15, 0.2) is 0 Å². The average molecular weight is 104 g/mol. The van der Waals surface area contributed by atoms with E-state index in [0.717, 1.165) is 6.16 Å². The first-order valence-corrected chi connectivity index (χ1v) is 3.22. The number of hydrogen-bond acceptors (Lipinski definition) is 1. The van der Waals surface area contributed by atoms with Crippen molar-refractivity contribution in [3.63, 3.8) is 0 Å². The Balaban J connectivity index is 2.83. The van der Waals surface area contributed by atoms with E-state index in [0.29, 0.717) is 14.1 Å². The van der Waals surface area contributed by atoms with Gasteiger partial charge in [0, 0.05) is 0 Å². The predicted octanol–water partition coefficient (Wildman–Crippen LogP) is 1.23. The molecule has 0 heterocycles. The summed E-state index contributed by atoms with van der Waals surface area (Å²) in [6.45, 7) is 3.64. The summed E-state index contributed by atoms with van der Waals surface area (Å²) < 4.78 is 0. The Kier molecular flexibility index (Phi) is 3.35. The molecule has 6 heavy (non-hydrogen) atoms. The third kappa shape index (κ3) is 4.10. The molecule has 0 fully saturated rings. The van der Waals surface area contributed by atoms with Crippen molar-refractivity contribution in [3.8, 4) is 0 Å². The van der Waals surface area contributed by atoms with Crippen LogP contribution in [0, 0.1) is 0 Å². The highest BCUT2D eigenvalue weighted by Crippen LogP contribution is 2.06. The molecule has 2 heteroatoms. The molecule has 0 aromatic rings. The first-order chi connectivity index (χ1) is 2.77. The SMILES string of the molecule is CCPC(C)=O. The van der Waals surface area contributed by atoms with Crippen LogP contribution in [0.4, 0.5) is 0 Å². The summed E-state index contributed by atoms with van der Waals surface area (Å²) in [5.74, 6) is 0. The first-order valence-electron chi connectivity index (χ1n) is 2.01. The van der Waals surface area contributed by atoms with E-state index in [1.54, 1.807) is 6.92 Å². The fourth-order valence-electron chi connectivity index (χ4n) is 0.249. The van der Waals surface area contributed by atoms with E-state index in [1.165, 1.54) is 0 Å². The van der Waals surface area contributed by atoms with Crippen LogP contribution in [-0.4, -0.2) is 11.7 Å². The molecule has 0 aliphatic rings. The smallest absolute Gasteiger partial charge is 0.148 e. The molecule has 1 unspecified atom stereocenters. The summed E-state index contributed by atoms with van der Waals surface area (Å²) in [7, 11) is 0.532. The Labute approximate surface area is 39.9 Å². The van der Waals surface area contributed by atoms with Gasteiger partial charge in [-0.3, -0.25) is 4.79 Å². The van der Waals surface area contributed by atoms with Gasteiger partial charge in [-0.05, 0) is 13.1 Å². The van der Waals surface area contributed by atoms with E-state index in [-0.39, 0.29) is 0 Å². The number of carbonyl (C=O) groups is 1. The van der Waals surface area contributed by atoms with Crippen LogP contribution in [-0.2, 0) is 4.79 Å². The highest BCUT2D eigenvalue weighted by Gasteiger charge is 1.83. The third-order valence-corrected chi connectivity index (χ3v) is 1.28. The van der Waals surface area contributed by atoms with Crippen LogP contribution in [0.2, 0.25) is 0 Å². The maximum Gasteiger partial charge on any atom is 0.148 e. The number of hydrogen-bond donors (Lipinski definition) is 0. The van der Waals surface area contributed by atoms with Crippen molar-refractivity contribution >= 4 is 14.1 Å². The van der Waals surface area contributed by atoms with Crippen LogP contribution in [0.25, 0.3) is 0 Å².